The Hall–Kier alpha value is -1.55. The van der Waals surface area contributed by atoms with Crippen LogP contribution in [0.3, 0.4) is 0 Å². The third kappa shape index (κ3) is 5.68. The van der Waals surface area contributed by atoms with E-state index in [0.29, 0.717) is 0 Å². The van der Waals surface area contributed by atoms with Crippen molar-refractivity contribution >= 4 is 17.3 Å². The summed E-state index contributed by atoms with van der Waals surface area (Å²) in [6.45, 7) is 4.42. The van der Waals surface area contributed by atoms with E-state index in [0.717, 1.165) is 30.8 Å². The minimum Gasteiger partial charge on any atom is -0.383 e. The van der Waals surface area contributed by atoms with Gasteiger partial charge in [-0.25, -0.2) is 0 Å². The van der Waals surface area contributed by atoms with Crippen LogP contribution in [0.4, 0.5) is 11.4 Å². The maximum atomic E-state index is 11.0. The van der Waals surface area contributed by atoms with E-state index < -0.39 is 0 Å². The first-order valence-corrected chi connectivity index (χ1v) is 6.49. The zero-order valence-corrected chi connectivity index (χ0v) is 11.2. The van der Waals surface area contributed by atoms with Crippen LogP contribution in [0, 0.1) is 0 Å². The number of benzene rings is 1. The maximum Gasteiger partial charge on any atom is 0.221 e. The molecular weight excluding hydrogens is 226 g/mol. The molecule has 1 aromatic rings. The zero-order valence-electron chi connectivity index (χ0n) is 11.2. The van der Waals surface area contributed by atoms with E-state index in [9.17, 15) is 4.79 Å². The van der Waals surface area contributed by atoms with Gasteiger partial charge in [0.05, 0.1) is 0 Å². The molecule has 0 fully saturated rings. The Bertz CT molecular complexity index is 379. The summed E-state index contributed by atoms with van der Waals surface area (Å²) in [4.78, 5) is 11.0. The van der Waals surface area contributed by atoms with Crippen molar-refractivity contribution in [3.05, 3.63) is 24.3 Å². The first kappa shape index (κ1) is 14.5. The molecule has 4 heteroatoms. The fourth-order valence-electron chi connectivity index (χ4n) is 1.73. The molecule has 0 heterocycles. The first-order chi connectivity index (χ1) is 8.61. The predicted octanol–water partition coefficient (Wildman–Crippen LogP) is 2.57. The second-order valence-corrected chi connectivity index (χ2v) is 4.55. The van der Waals surface area contributed by atoms with Gasteiger partial charge in [-0.05, 0) is 24.6 Å². The lowest BCUT2D eigenvalue weighted by Crippen LogP contribution is -2.28. The molecular formula is C14H23N3O. The lowest BCUT2D eigenvalue weighted by molar-refractivity contribution is -0.114. The molecule has 0 aliphatic heterocycles. The van der Waals surface area contributed by atoms with E-state index >= 15 is 0 Å². The molecule has 1 amide bonds. The van der Waals surface area contributed by atoms with Crippen LogP contribution in [0.15, 0.2) is 24.3 Å². The summed E-state index contributed by atoms with van der Waals surface area (Å²) in [6.07, 6.45) is 3.37. The van der Waals surface area contributed by atoms with Crippen LogP contribution in [0.5, 0.6) is 0 Å². The lowest BCUT2D eigenvalue weighted by atomic mass is 10.1. The largest absolute Gasteiger partial charge is 0.383 e. The van der Waals surface area contributed by atoms with Crippen molar-refractivity contribution in [2.75, 3.05) is 17.2 Å². The highest BCUT2D eigenvalue weighted by Gasteiger charge is 2.02. The summed E-state index contributed by atoms with van der Waals surface area (Å²) < 4.78 is 0. The molecule has 4 N–H and O–H groups in total. The molecule has 0 aromatic heterocycles. The highest BCUT2D eigenvalue weighted by molar-refractivity contribution is 5.89. The Labute approximate surface area is 109 Å². The smallest absolute Gasteiger partial charge is 0.221 e. The van der Waals surface area contributed by atoms with Gasteiger partial charge in [0, 0.05) is 30.9 Å². The Morgan fingerprint density at radius 1 is 1.39 bits per heavy atom. The molecule has 1 aromatic carbocycles. The van der Waals surface area contributed by atoms with Crippen LogP contribution < -0.4 is 16.4 Å². The summed E-state index contributed by atoms with van der Waals surface area (Å²) >= 11 is 0. The molecule has 0 radical (unpaired) electrons. The average Bonchev–Trinajstić information content (AvgIpc) is 2.33. The summed E-state index contributed by atoms with van der Waals surface area (Å²) in [7, 11) is 0. The molecule has 0 aliphatic carbocycles. The topological polar surface area (TPSA) is 67.2 Å². The molecule has 0 aliphatic rings. The molecule has 18 heavy (non-hydrogen) atoms. The van der Waals surface area contributed by atoms with Gasteiger partial charge in [0.15, 0.2) is 0 Å². The molecule has 100 valence electrons. The van der Waals surface area contributed by atoms with E-state index in [1.54, 1.807) is 0 Å². The van der Waals surface area contributed by atoms with E-state index in [1.165, 1.54) is 13.3 Å². The van der Waals surface area contributed by atoms with Crippen molar-refractivity contribution in [2.45, 2.75) is 39.2 Å². The quantitative estimate of drug-likeness (QED) is 0.695. The number of nitrogens with one attached hydrogen (secondary N) is 2. The highest BCUT2D eigenvalue weighted by atomic mass is 16.1. The van der Waals surface area contributed by atoms with Crippen LogP contribution in [0.2, 0.25) is 0 Å². The van der Waals surface area contributed by atoms with Gasteiger partial charge in [-0.3, -0.25) is 4.79 Å². The van der Waals surface area contributed by atoms with E-state index in [2.05, 4.69) is 17.6 Å². The average molecular weight is 249 g/mol. The second kappa shape index (κ2) is 7.71. The first-order valence-electron chi connectivity index (χ1n) is 6.49. The molecule has 0 spiro atoms. The number of amides is 1. The zero-order chi connectivity index (χ0) is 13.4. The number of carbonyl (C=O) groups excluding carboxylic acids is 1. The minimum atomic E-state index is -0.0632. The summed E-state index contributed by atoms with van der Waals surface area (Å²) in [6, 6.07) is 7.83. The van der Waals surface area contributed by atoms with E-state index in [1.807, 2.05) is 24.3 Å². The van der Waals surface area contributed by atoms with E-state index in [-0.39, 0.29) is 11.9 Å². The van der Waals surface area contributed by atoms with Crippen LogP contribution in [0.1, 0.15) is 33.1 Å². The fourth-order valence-corrected chi connectivity index (χ4v) is 1.73. The molecule has 4 nitrogen and oxygen atoms in total. The van der Waals surface area contributed by atoms with Crippen LogP contribution in [-0.4, -0.2) is 18.5 Å². The van der Waals surface area contributed by atoms with Gasteiger partial charge in [-0.15, -0.1) is 0 Å². The normalized spacial score (nSPS) is 11.9. The van der Waals surface area contributed by atoms with Crippen LogP contribution >= 0.6 is 0 Å². The van der Waals surface area contributed by atoms with Crippen molar-refractivity contribution < 1.29 is 4.79 Å². The molecule has 0 bridgehead atoms. The summed E-state index contributed by atoms with van der Waals surface area (Å²) in [5.41, 5.74) is 7.77. The van der Waals surface area contributed by atoms with Gasteiger partial charge < -0.3 is 16.4 Å². The highest BCUT2D eigenvalue weighted by Crippen LogP contribution is 2.15. The second-order valence-electron chi connectivity index (χ2n) is 4.55. The number of anilines is 2. The van der Waals surface area contributed by atoms with Crippen molar-refractivity contribution in [3.8, 4) is 0 Å². The molecule has 1 unspecified atom stereocenters. The SMILES string of the molecule is CCCCC(N)CNc1cccc(NC(C)=O)c1. The lowest BCUT2D eigenvalue weighted by Gasteiger charge is -2.14. The van der Waals surface area contributed by atoms with Crippen molar-refractivity contribution in [1.82, 2.24) is 0 Å². The van der Waals surface area contributed by atoms with E-state index in [4.69, 9.17) is 5.73 Å². The maximum absolute atomic E-state index is 11.0. The Balaban J connectivity index is 2.44. The van der Waals surface area contributed by atoms with Gasteiger partial charge in [0.2, 0.25) is 5.91 Å². The van der Waals surface area contributed by atoms with Gasteiger partial charge in [-0.1, -0.05) is 25.8 Å². The third-order valence-electron chi connectivity index (χ3n) is 2.68. The molecule has 1 atom stereocenters. The third-order valence-corrected chi connectivity index (χ3v) is 2.68. The minimum absolute atomic E-state index is 0.0632. The summed E-state index contributed by atoms with van der Waals surface area (Å²) in [5, 5.41) is 6.05. The Kier molecular flexibility index (Phi) is 6.22. The monoisotopic (exact) mass is 249 g/mol. The molecule has 0 saturated heterocycles. The van der Waals surface area contributed by atoms with Crippen LogP contribution in [0.25, 0.3) is 0 Å². The van der Waals surface area contributed by atoms with Crippen molar-refractivity contribution in [1.29, 1.82) is 0 Å². The number of hydrogen-bond donors (Lipinski definition) is 3. The fraction of sp³-hybridized carbons (Fsp3) is 0.500. The number of hydrogen-bond acceptors (Lipinski definition) is 3. The number of rotatable bonds is 7. The molecule has 0 saturated carbocycles. The van der Waals surface area contributed by atoms with Crippen LogP contribution in [-0.2, 0) is 4.79 Å². The summed E-state index contributed by atoms with van der Waals surface area (Å²) in [5.74, 6) is -0.0632. The Morgan fingerprint density at radius 3 is 2.78 bits per heavy atom. The number of carbonyl (C=O) groups is 1. The number of unbranched alkanes of at least 4 members (excludes halogenated alkanes) is 1. The van der Waals surface area contributed by atoms with Crippen molar-refractivity contribution in [3.63, 3.8) is 0 Å². The number of nitrogens with two attached hydrogens (primary N) is 1. The molecule has 1 rings (SSSR count). The van der Waals surface area contributed by atoms with Gasteiger partial charge in [-0.2, -0.15) is 0 Å². The van der Waals surface area contributed by atoms with Gasteiger partial charge in [0.1, 0.15) is 0 Å². The van der Waals surface area contributed by atoms with Crippen molar-refractivity contribution in [2.24, 2.45) is 5.73 Å². The van der Waals surface area contributed by atoms with Gasteiger partial charge >= 0.3 is 0 Å². The van der Waals surface area contributed by atoms with Gasteiger partial charge in [0.25, 0.3) is 0 Å². The Morgan fingerprint density at radius 2 is 2.11 bits per heavy atom. The standard InChI is InChI=1S/C14H23N3O/c1-3-4-6-12(15)10-16-13-7-5-8-14(9-13)17-11(2)18/h5,7-9,12,16H,3-4,6,10,15H2,1-2H3,(H,17,18). The predicted molar refractivity (Wildman–Crippen MR) is 76.7 cm³/mol.